The molecule has 52 valence electrons. The van der Waals surface area contributed by atoms with Gasteiger partial charge in [0.05, 0.1) is 6.10 Å². The summed E-state index contributed by atoms with van der Waals surface area (Å²) in [6, 6.07) is 0. The van der Waals surface area contributed by atoms with E-state index in [2.05, 4.69) is 0 Å². The fourth-order valence-electron chi connectivity index (χ4n) is 1.81. The van der Waals surface area contributed by atoms with E-state index in [-0.39, 0.29) is 0 Å². The monoisotopic (exact) mass is 128 g/mol. The predicted molar refractivity (Wildman–Crippen MR) is 33.0 cm³/mol. The van der Waals surface area contributed by atoms with E-state index in [1.54, 1.807) is 0 Å². The maximum Gasteiger partial charge on any atom is 0.0661 e. The lowest BCUT2D eigenvalue weighted by Crippen LogP contribution is -2.06. The Hall–Kier alpha value is -0.0800. The highest BCUT2D eigenvalue weighted by molar-refractivity contribution is 4.99. The van der Waals surface area contributed by atoms with Crippen LogP contribution >= 0.6 is 0 Å². The van der Waals surface area contributed by atoms with E-state index in [1.165, 1.54) is 12.8 Å². The van der Waals surface area contributed by atoms with Gasteiger partial charge in [-0.05, 0) is 18.8 Å². The van der Waals surface area contributed by atoms with Gasteiger partial charge in [0.1, 0.15) is 0 Å². The predicted octanol–water partition coefficient (Wildman–Crippen LogP) is 0.404. The molecule has 0 radical (unpaired) electrons. The molecule has 1 aliphatic carbocycles. The second-order valence-electron chi connectivity index (χ2n) is 2.99. The summed E-state index contributed by atoms with van der Waals surface area (Å²) < 4.78 is 5.40. The summed E-state index contributed by atoms with van der Waals surface area (Å²) in [5.74, 6) is 1.20. The van der Waals surface area contributed by atoms with Crippen molar-refractivity contribution in [2.24, 2.45) is 11.8 Å². The Morgan fingerprint density at radius 3 is 3.00 bits per heavy atom. The van der Waals surface area contributed by atoms with Crippen molar-refractivity contribution >= 4 is 0 Å². The molecule has 1 aliphatic heterocycles. The lowest BCUT2D eigenvalue weighted by atomic mass is 10.2. The second kappa shape index (κ2) is 1.96. The van der Waals surface area contributed by atoms with Crippen LogP contribution in [0.15, 0.2) is 0 Å². The molecule has 2 aliphatic rings. The van der Waals surface area contributed by atoms with Gasteiger partial charge < -0.3 is 9.84 Å². The van der Waals surface area contributed by atoms with Gasteiger partial charge in [0, 0.05) is 19.1 Å². The van der Waals surface area contributed by atoms with Crippen LogP contribution in [0.4, 0.5) is 0 Å². The van der Waals surface area contributed by atoms with E-state index < -0.39 is 0 Å². The molecule has 2 rings (SSSR count). The lowest BCUT2D eigenvalue weighted by molar-refractivity contribution is 0.0716. The van der Waals surface area contributed by atoms with Crippen molar-refractivity contribution in [3.63, 3.8) is 0 Å². The largest absolute Gasteiger partial charge is 0.396 e. The zero-order chi connectivity index (χ0) is 6.27. The van der Waals surface area contributed by atoms with Gasteiger partial charge >= 0.3 is 0 Å². The number of fused-ring (bicyclic) bond motifs is 1. The molecule has 0 bridgehead atoms. The third kappa shape index (κ3) is 0.775. The van der Waals surface area contributed by atoms with Crippen LogP contribution in [0.3, 0.4) is 0 Å². The number of rotatable bonds is 1. The smallest absolute Gasteiger partial charge is 0.0661 e. The molecule has 0 aromatic rings. The summed E-state index contributed by atoms with van der Waals surface area (Å²) in [5.41, 5.74) is 0. The fraction of sp³-hybridized carbons (Fsp3) is 1.00. The third-order valence-corrected chi connectivity index (χ3v) is 2.46. The van der Waals surface area contributed by atoms with E-state index in [4.69, 9.17) is 9.84 Å². The molecule has 0 amide bonds. The molecule has 0 aromatic heterocycles. The van der Waals surface area contributed by atoms with E-state index in [9.17, 15) is 0 Å². The number of hydrogen-bond donors (Lipinski definition) is 1. The Morgan fingerprint density at radius 1 is 1.56 bits per heavy atom. The molecule has 1 heterocycles. The summed E-state index contributed by atoms with van der Waals surface area (Å²) in [4.78, 5) is 0. The minimum absolute atomic E-state index is 0.329. The fourth-order valence-corrected chi connectivity index (χ4v) is 1.81. The van der Waals surface area contributed by atoms with Crippen LogP contribution in [0.5, 0.6) is 0 Å². The van der Waals surface area contributed by atoms with Crippen molar-refractivity contribution in [1.29, 1.82) is 0 Å². The Balaban J connectivity index is 1.91. The minimum atomic E-state index is 0.329. The van der Waals surface area contributed by atoms with Crippen LogP contribution in [0.1, 0.15) is 12.8 Å². The zero-order valence-corrected chi connectivity index (χ0v) is 5.42. The minimum Gasteiger partial charge on any atom is -0.396 e. The van der Waals surface area contributed by atoms with Crippen LogP contribution in [0, 0.1) is 11.8 Å². The van der Waals surface area contributed by atoms with Crippen LogP contribution in [0.2, 0.25) is 0 Å². The van der Waals surface area contributed by atoms with Crippen LogP contribution in [-0.4, -0.2) is 24.4 Å². The molecule has 0 spiro atoms. The first-order valence-electron chi connectivity index (χ1n) is 3.66. The highest BCUT2D eigenvalue weighted by Gasteiger charge is 2.51. The molecule has 3 atom stereocenters. The standard InChI is InChI=1S/C7H12O2/c8-4-6-5-2-1-3-9-7(5)6/h5-8H,1-4H2/t5-,6+,7-/m0/s1. The van der Waals surface area contributed by atoms with Crippen molar-refractivity contribution < 1.29 is 9.84 Å². The van der Waals surface area contributed by atoms with Crippen LogP contribution < -0.4 is 0 Å². The van der Waals surface area contributed by atoms with Gasteiger partial charge in [0.15, 0.2) is 0 Å². The van der Waals surface area contributed by atoms with Gasteiger partial charge in [-0.25, -0.2) is 0 Å². The first kappa shape index (κ1) is 5.69. The van der Waals surface area contributed by atoms with Crippen LogP contribution in [0.25, 0.3) is 0 Å². The first-order valence-corrected chi connectivity index (χ1v) is 3.66. The van der Waals surface area contributed by atoms with Gasteiger partial charge in [0.2, 0.25) is 0 Å². The number of aliphatic hydroxyl groups excluding tert-OH is 1. The maximum atomic E-state index is 8.76. The molecule has 0 aromatic carbocycles. The Kier molecular flexibility index (Phi) is 1.24. The number of hydrogen-bond acceptors (Lipinski definition) is 2. The molecule has 2 nitrogen and oxygen atoms in total. The molecule has 0 unspecified atom stereocenters. The third-order valence-electron chi connectivity index (χ3n) is 2.46. The molecular weight excluding hydrogens is 116 g/mol. The van der Waals surface area contributed by atoms with Crippen molar-refractivity contribution in [3.05, 3.63) is 0 Å². The number of ether oxygens (including phenoxy) is 1. The summed E-state index contributed by atoms with van der Waals surface area (Å²) >= 11 is 0. The van der Waals surface area contributed by atoms with E-state index in [0.29, 0.717) is 24.5 Å². The Bertz CT molecular complexity index is 94.7. The second-order valence-corrected chi connectivity index (χ2v) is 2.99. The summed E-state index contributed by atoms with van der Waals surface area (Å²) in [6.07, 6.45) is 2.90. The Labute approximate surface area is 54.8 Å². The average Bonchev–Trinajstić information content (AvgIpc) is 2.60. The van der Waals surface area contributed by atoms with Gasteiger partial charge in [-0.2, -0.15) is 0 Å². The quantitative estimate of drug-likeness (QED) is 0.554. The maximum absolute atomic E-state index is 8.76. The molecule has 9 heavy (non-hydrogen) atoms. The first-order chi connectivity index (χ1) is 4.43. The topological polar surface area (TPSA) is 29.5 Å². The van der Waals surface area contributed by atoms with Gasteiger partial charge in [0.25, 0.3) is 0 Å². The number of aliphatic hydroxyl groups is 1. The molecular formula is C7H12O2. The average molecular weight is 128 g/mol. The van der Waals surface area contributed by atoms with Crippen molar-refractivity contribution in [3.8, 4) is 0 Å². The van der Waals surface area contributed by atoms with E-state index in [0.717, 1.165) is 6.61 Å². The van der Waals surface area contributed by atoms with Gasteiger partial charge in [-0.1, -0.05) is 0 Å². The zero-order valence-electron chi connectivity index (χ0n) is 5.42. The molecule has 2 heteroatoms. The van der Waals surface area contributed by atoms with Gasteiger partial charge in [-0.15, -0.1) is 0 Å². The normalized spacial score (nSPS) is 48.3. The summed E-state index contributed by atoms with van der Waals surface area (Å²) in [7, 11) is 0. The Morgan fingerprint density at radius 2 is 2.44 bits per heavy atom. The van der Waals surface area contributed by atoms with Crippen molar-refractivity contribution in [1.82, 2.24) is 0 Å². The highest BCUT2D eigenvalue weighted by atomic mass is 16.5. The SMILES string of the molecule is OC[C@@H]1[C@@H]2CCCO[C@H]12. The highest BCUT2D eigenvalue weighted by Crippen LogP contribution is 2.47. The van der Waals surface area contributed by atoms with Crippen molar-refractivity contribution in [2.75, 3.05) is 13.2 Å². The van der Waals surface area contributed by atoms with Gasteiger partial charge in [-0.3, -0.25) is 0 Å². The molecule has 1 saturated carbocycles. The molecule has 1 saturated heterocycles. The van der Waals surface area contributed by atoms with Crippen molar-refractivity contribution in [2.45, 2.75) is 18.9 Å². The molecule has 1 N–H and O–H groups in total. The summed E-state index contributed by atoms with van der Waals surface area (Å²) in [6.45, 7) is 1.24. The van der Waals surface area contributed by atoms with Crippen LogP contribution in [-0.2, 0) is 4.74 Å². The van der Waals surface area contributed by atoms with E-state index in [1.807, 2.05) is 0 Å². The lowest BCUT2D eigenvalue weighted by Gasteiger charge is -2.07. The molecule has 2 fully saturated rings. The van der Waals surface area contributed by atoms with E-state index >= 15 is 0 Å². The summed E-state index contributed by atoms with van der Waals surface area (Å²) in [5, 5.41) is 8.76.